The number of para-hydroxylation sites is 1. The minimum absolute atomic E-state index is 0.238. The number of nitrogens with one attached hydrogen (secondary N) is 1. The van der Waals surface area contributed by atoms with Crippen LogP contribution in [0.4, 0.5) is 5.69 Å². The van der Waals surface area contributed by atoms with Gasteiger partial charge in [-0.2, -0.15) is 0 Å². The Morgan fingerprint density at radius 1 is 0.962 bits per heavy atom. The van der Waals surface area contributed by atoms with Gasteiger partial charge in [0, 0.05) is 29.9 Å². The van der Waals surface area contributed by atoms with Crippen LogP contribution >= 0.6 is 0 Å². The summed E-state index contributed by atoms with van der Waals surface area (Å²) in [6.45, 7) is 3.16. The van der Waals surface area contributed by atoms with Gasteiger partial charge in [-0.3, -0.25) is 14.4 Å². The van der Waals surface area contributed by atoms with Gasteiger partial charge in [0.05, 0.1) is 5.92 Å². The Balaban J connectivity index is 2.15. The lowest BCUT2D eigenvalue weighted by atomic mass is 10.0. The van der Waals surface area contributed by atoms with Gasteiger partial charge >= 0.3 is 5.97 Å². The molecule has 2 rings (SSSR count). The molecule has 6 nitrogen and oxygen atoms in total. The van der Waals surface area contributed by atoms with Gasteiger partial charge in [0.15, 0.2) is 0 Å². The van der Waals surface area contributed by atoms with Crippen molar-refractivity contribution in [3.63, 3.8) is 0 Å². The highest BCUT2D eigenvalue weighted by atomic mass is 16.4. The summed E-state index contributed by atoms with van der Waals surface area (Å²) < 4.78 is 0. The zero-order valence-corrected chi connectivity index (χ0v) is 15.0. The summed E-state index contributed by atoms with van der Waals surface area (Å²) in [7, 11) is 1.67. The Morgan fingerprint density at radius 3 is 2.19 bits per heavy atom. The average Bonchev–Trinajstić information content (AvgIpc) is 2.66. The molecule has 0 aliphatic heterocycles. The highest BCUT2D eigenvalue weighted by molar-refractivity contribution is 6.07. The SMILES string of the molecule is CC(NC(=O)c1cccc(C(=O)N(C)c2ccccc2)c1)C(C)C(=O)O. The summed E-state index contributed by atoms with van der Waals surface area (Å²) in [5, 5.41) is 11.7. The lowest BCUT2D eigenvalue weighted by Crippen LogP contribution is -2.40. The molecule has 2 aromatic rings. The predicted molar refractivity (Wildman–Crippen MR) is 99.3 cm³/mol. The summed E-state index contributed by atoms with van der Waals surface area (Å²) >= 11 is 0. The van der Waals surface area contributed by atoms with Crippen LogP contribution in [0.2, 0.25) is 0 Å². The van der Waals surface area contributed by atoms with E-state index in [2.05, 4.69) is 5.32 Å². The zero-order valence-electron chi connectivity index (χ0n) is 15.0. The molecule has 0 aliphatic carbocycles. The van der Waals surface area contributed by atoms with E-state index in [4.69, 9.17) is 5.11 Å². The van der Waals surface area contributed by atoms with Crippen LogP contribution in [0.15, 0.2) is 54.6 Å². The molecule has 2 N–H and O–H groups in total. The summed E-state index contributed by atoms with van der Waals surface area (Å²) in [5.74, 6) is -2.35. The quantitative estimate of drug-likeness (QED) is 0.835. The van der Waals surface area contributed by atoms with Crippen molar-refractivity contribution in [2.45, 2.75) is 19.9 Å². The second kappa shape index (κ2) is 8.29. The van der Waals surface area contributed by atoms with Gasteiger partial charge in [0.2, 0.25) is 0 Å². The minimum Gasteiger partial charge on any atom is -0.481 e. The van der Waals surface area contributed by atoms with E-state index in [1.165, 1.54) is 17.9 Å². The van der Waals surface area contributed by atoms with Crippen LogP contribution in [0.25, 0.3) is 0 Å². The number of carboxylic acids is 1. The number of amides is 2. The lowest BCUT2D eigenvalue weighted by molar-refractivity contribution is -0.141. The maximum Gasteiger partial charge on any atom is 0.308 e. The van der Waals surface area contributed by atoms with E-state index in [1.54, 1.807) is 32.2 Å². The Hall–Kier alpha value is -3.15. The first-order valence-corrected chi connectivity index (χ1v) is 8.28. The summed E-state index contributed by atoms with van der Waals surface area (Å²) in [6, 6.07) is 15.0. The van der Waals surface area contributed by atoms with Gasteiger partial charge in [0.25, 0.3) is 11.8 Å². The van der Waals surface area contributed by atoms with Gasteiger partial charge in [-0.05, 0) is 44.2 Å². The third kappa shape index (κ3) is 4.47. The molecule has 2 unspecified atom stereocenters. The molecule has 0 aromatic heterocycles. The van der Waals surface area contributed by atoms with Gasteiger partial charge in [-0.25, -0.2) is 0 Å². The Bertz CT molecular complexity index is 804. The van der Waals surface area contributed by atoms with Crippen molar-refractivity contribution >= 4 is 23.5 Å². The van der Waals surface area contributed by atoms with E-state index in [0.717, 1.165) is 5.69 Å². The van der Waals surface area contributed by atoms with Crippen LogP contribution in [0.1, 0.15) is 34.6 Å². The molecule has 0 radical (unpaired) electrons. The minimum atomic E-state index is -0.980. The second-order valence-electron chi connectivity index (χ2n) is 6.17. The van der Waals surface area contributed by atoms with E-state index < -0.39 is 23.8 Å². The molecule has 0 saturated carbocycles. The molecule has 136 valence electrons. The first-order chi connectivity index (χ1) is 12.3. The lowest BCUT2D eigenvalue weighted by Gasteiger charge is -2.19. The number of nitrogens with zero attached hydrogens (tertiary/aromatic N) is 1. The fourth-order valence-corrected chi connectivity index (χ4v) is 2.38. The van der Waals surface area contributed by atoms with E-state index in [-0.39, 0.29) is 5.91 Å². The second-order valence-corrected chi connectivity index (χ2v) is 6.17. The summed E-state index contributed by atoms with van der Waals surface area (Å²) in [5.41, 5.74) is 1.43. The smallest absolute Gasteiger partial charge is 0.308 e. The maximum absolute atomic E-state index is 12.7. The third-order valence-corrected chi connectivity index (χ3v) is 4.32. The molecule has 2 amide bonds. The first-order valence-electron chi connectivity index (χ1n) is 8.28. The topological polar surface area (TPSA) is 86.7 Å². The monoisotopic (exact) mass is 354 g/mol. The Kier molecular flexibility index (Phi) is 6.11. The first kappa shape index (κ1) is 19.2. The molecule has 0 bridgehead atoms. The van der Waals surface area contributed by atoms with Gasteiger partial charge in [-0.15, -0.1) is 0 Å². The molecule has 0 heterocycles. The molecule has 2 atom stereocenters. The average molecular weight is 354 g/mol. The van der Waals surface area contributed by atoms with E-state index >= 15 is 0 Å². The molecule has 6 heteroatoms. The molecule has 2 aromatic carbocycles. The highest BCUT2D eigenvalue weighted by Gasteiger charge is 2.22. The summed E-state index contributed by atoms with van der Waals surface area (Å²) in [6.07, 6.45) is 0. The van der Waals surface area contributed by atoms with Crippen LogP contribution in [-0.4, -0.2) is 36.0 Å². The number of benzene rings is 2. The fourth-order valence-electron chi connectivity index (χ4n) is 2.38. The van der Waals surface area contributed by atoms with E-state index in [0.29, 0.717) is 11.1 Å². The maximum atomic E-state index is 12.7. The van der Waals surface area contributed by atoms with Gasteiger partial charge in [0.1, 0.15) is 0 Å². The number of hydrogen-bond donors (Lipinski definition) is 2. The predicted octanol–water partition coefficient (Wildman–Crippen LogP) is 2.80. The number of aliphatic carboxylic acids is 1. The largest absolute Gasteiger partial charge is 0.481 e. The Labute approximate surface area is 152 Å². The molecule has 26 heavy (non-hydrogen) atoms. The van der Waals surface area contributed by atoms with Crippen molar-refractivity contribution in [2.75, 3.05) is 11.9 Å². The molecule has 0 spiro atoms. The number of carbonyl (C=O) groups excluding carboxylic acids is 2. The standard InChI is InChI=1S/C20H22N2O4/c1-13(20(25)26)14(2)21-18(23)15-8-7-9-16(12-15)19(24)22(3)17-10-5-4-6-11-17/h4-14H,1-3H3,(H,21,23)(H,25,26). The van der Waals surface area contributed by atoms with Gasteiger partial charge < -0.3 is 15.3 Å². The molecular weight excluding hydrogens is 332 g/mol. The molecule has 0 saturated heterocycles. The van der Waals surface area contributed by atoms with Crippen LogP contribution < -0.4 is 10.2 Å². The number of carboxylic acid groups (broad SMARTS) is 1. The van der Waals surface area contributed by atoms with Gasteiger partial charge in [-0.1, -0.05) is 24.3 Å². The van der Waals surface area contributed by atoms with Crippen LogP contribution in [0.3, 0.4) is 0 Å². The van der Waals surface area contributed by atoms with Crippen molar-refractivity contribution < 1.29 is 19.5 Å². The molecular formula is C20H22N2O4. The van der Waals surface area contributed by atoms with Crippen molar-refractivity contribution in [3.05, 3.63) is 65.7 Å². The van der Waals surface area contributed by atoms with Crippen LogP contribution in [-0.2, 0) is 4.79 Å². The van der Waals surface area contributed by atoms with Crippen molar-refractivity contribution in [2.24, 2.45) is 5.92 Å². The number of rotatable bonds is 6. The number of anilines is 1. The van der Waals surface area contributed by atoms with Crippen LogP contribution in [0.5, 0.6) is 0 Å². The van der Waals surface area contributed by atoms with E-state index in [1.807, 2.05) is 30.3 Å². The molecule has 0 fully saturated rings. The third-order valence-electron chi connectivity index (χ3n) is 4.32. The zero-order chi connectivity index (χ0) is 19.3. The molecule has 0 aliphatic rings. The summed E-state index contributed by atoms with van der Waals surface area (Å²) in [4.78, 5) is 37.5. The van der Waals surface area contributed by atoms with Crippen molar-refractivity contribution in [1.29, 1.82) is 0 Å². The van der Waals surface area contributed by atoms with Crippen molar-refractivity contribution in [3.8, 4) is 0 Å². The number of carbonyl (C=O) groups is 3. The highest BCUT2D eigenvalue weighted by Crippen LogP contribution is 2.16. The van der Waals surface area contributed by atoms with E-state index in [9.17, 15) is 14.4 Å². The van der Waals surface area contributed by atoms with Crippen LogP contribution in [0, 0.1) is 5.92 Å². The Morgan fingerprint density at radius 2 is 1.58 bits per heavy atom. The number of hydrogen-bond acceptors (Lipinski definition) is 3. The van der Waals surface area contributed by atoms with Crippen molar-refractivity contribution in [1.82, 2.24) is 5.32 Å². The fraction of sp³-hybridized carbons (Fsp3) is 0.250. The normalized spacial score (nSPS) is 12.7.